The maximum Gasteiger partial charge on any atom is 0.136 e. The molecule has 0 spiro atoms. The highest BCUT2D eigenvalue weighted by Gasteiger charge is 2.26. The lowest BCUT2D eigenvalue weighted by atomic mass is 10.1. The third kappa shape index (κ3) is 3.75. The van der Waals surface area contributed by atoms with E-state index in [0.717, 1.165) is 25.6 Å². The maximum absolute atomic E-state index is 9.15. The molecule has 3 rings (SSSR count). The molecule has 2 fully saturated rings. The van der Waals surface area contributed by atoms with Crippen molar-refractivity contribution in [2.24, 2.45) is 5.92 Å². The molecule has 1 saturated carbocycles. The fourth-order valence-electron chi connectivity index (χ4n) is 2.99. The van der Waals surface area contributed by atoms with Gasteiger partial charge in [0.05, 0.1) is 12.7 Å². The van der Waals surface area contributed by atoms with Gasteiger partial charge < -0.3 is 9.64 Å². The molecule has 4 nitrogen and oxygen atoms in total. The molecule has 1 aliphatic heterocycles. The summed E-state index contributed by atoms with van der Waals surface area (Å²) in [6.07, 6.45) is 2.87. The van der Waals surface area contributed by atoms with Gasteiger partial charge in [-0.05, 0) is 36.5 Å². The molecule has 0 N–H and O–H groups in total. The van der Waals surface area contributed by atoms with Crippen LogP contribution in [0.2, 0.25) is 0 Å². The summed E-state index contributed by atoms with van der Waals surface area (Å²) in [4.78, 5) is 5.08. The van der Waals surface area contributed by atoms with Crippen LogP contribution in [0.15, 0.2) is 18.2 Å². The monoisotopic (exact) mass is 285 g/mol. The lowest BCUT2D eigenvalue weighted by Crippen LogP contribution is -2.46. The van der Waals surface area contributed by atoms with Crippen molar-refractivity contribution in [3.8, 4) is 11.8 Å². The van der Waals surface area contributed by atoms with Crippen molar-refractivity contribution in [3.63, 3.8) is 0 Å². The molecule has 0 amide bonds. The first-order chi connectivity index (χ1) is 10.3. The molecule has 0 atom stereocenters. The van der Waals surface area contributed by atoms with Crippen LogP contribution in [0.3, 0.4) is 0 Å². The molecule has 0 radical (unpaired) electrons. The maximum atomic E-state index is 9.15. The summed E-state index contributed by atoms with van der Waals surface area (Å²) < 4.78 is 5.20. The van der Waals surface area contributed by atoms with E-state index in [1.807, 2.05) is 12.1 Å². The van der Waals surface area contributed by atoms with Gasteiger partial charge >= 0.3 is 0 Å². The number of benzene rings is 1. The standard InChI is InChI=1S/C17H23N3O/c1-21-17-5-4-15(10-16(17)11-18)13-20-8-6-19(7-9-20)12-14-2-3-14/h4-5,10,14H,2-3,6-9,12-13H2,1H3. The molecule has 1 saturated heterocycles. The fourth-order valence-corrected chi connectivity index (χ4v) is 2.99. The first-order valence-corrected chi connectivity index (χ1v) is 7.80. The van der Waals surface area contributed by atoms with Crippen LogP contribution >= 0.6 is 0 Å². The Morgan fingerprint density at radius 3 is 2.52 bits per heavy atom. The normalized spacial score (nSPS) is 20.2. The van der Waals surface area contributed by atoms with Crippen LogP contribution < -0.4 is 4.74 Å². The van der Waals surface area contributed by atoms with Crippen molar-refractivity contribution in [2.75, 3.05) is 39.8 Å². The quantitative estimate of drug-likeness (QED) is 0.830. The average Bonchev–Trinajstić information content (AvgIpc) is 3.33. The number of hydrogen-bond donors (Lipinski definition) is 0. The first-order valence-electron chi connectivity index (χ1n) is 7.80. The van der Waals surface area contributed by atoms with E-state index in [-0.39, 0.29) is 0 Å². The summed E-state index contributed by atoms with van der Waals surface area (Å²) >= 11 is 0. The van der Waals surface area contributed by atoms with E-state index in [0.29, 0.717) is 11.3 Å². The molecule has 2 aliphatic rings. The molecule has 0 aromatic heterocycles. The van der Waals surface area contributed by atoms with E-state index in [4.69, 9.17) is 10.00 Å². The topological polar surface area (TPSA) is 39.5 Å². The van der Waals surface area contributed by atoms with E-state index in [1.54, 1.807) is 7.11 Å². The van der Waals surface area contributed by atoms with Gasteiger partial charge in [-0.15, -0.1) is 0 Å². The van der Waals surface area contributed by atoms with E-state index < -0.39 is 0 Å². The molecule has 0 bridgehead atoms. The molecule has 1 aromatic rings. The molecule has 0 unspecified atom stereocenters. The zero-order valence-corrected chi connectivity index (χ0v) is 12.7. The molecular formula is C17H23N3O. The minimum absolute atomic E-state index is 0.627. The van der Waals surface area contributed by atoms with Crippen molar-refractivity contribution in [1.29, 1.82) is 5.26 Å². The number of nitriles is 1. The van der Waals surface area contributed by atoms with E-state index >= 15 is 0 Å². The second-order valence-electron chi connectivity index (χ2n) is 6.17. The van der Waals surface area contributed by atoms with Gasteiger partial charge in [0.25, 0.3) is 0 Å². The number of methoxy groups -OCH3 is 1. The molecular weight excluding hydrogens is 262 g/mol. The Morgan fingerprint density at radius 2 is 1.90 bits per heavy atom. The SMILES string of the molecule is COc1ccc(CN2CCN(CC3CC3)CC2)cc1C#N. The molecule has 1 aliphatic carbocycles. The zero-order chi connectivity index (χ0) is 14.7. The minimum atomic E-state index is 0.627. The summed E-state index contributed by atoms with van der Waals surface area (Å²) in [6, 6.07) is 8.13. The highest BCUT2D eigenvalue weighted by molar-refractivity contribution is 5.45. The Kier molecular flexibility index (Phi) is 4.42. The van der Waals surface area contributed by atoms with Crippen molar-refractivity contribution in [2.45, 2.75) is 19.4 Å². The van der Waals surface area contributed by atoms with Gasteiger partial charge in [-0.1, -0.05) is 6.07 Å². The van der Waals surface area contributed by atoms with E-state index in [1.165, 1.54) is 38.0 Å². The second-order valence-corrected chi connectivity index (χ2v) is 6.17. The van der Waals surface area contributed by atoms with Crippen LogP contribution in [-0.4, -0.2) is 49.6 Å². The number of hydrogen-bond acceptors (Lipinski definition) is 4. The van der Waals surface area contributed by atoms with E-state index in [2.05, 4.69) is 21.9 Å². The van der Waals surface area contributed by atoms with Crippen LogP contribution in [0.1, 0.15) is 24.0 Å². The van der Waals surface area contributed by atoms with Crippen LogP contribution in [0.4, 0.5) is 0 Å². The van der Waals surface area contributed by atoms with Crippen LogP contribution in [0, 0.1) is 17.2 Å². The summed E-state index contributed by atoms with van der Waals surface area (Å²) in [7, 11) is 1.61. The van der Waals surface area contributed by atoms with Gasteiger partial charge in [0.1, 0.15) is 11.8 Å². The third-order valence-electron chi connectivity index (χ3n) is 4.47. The average molecular weight is 285 g/mol. The van der Waals surface area contributed by atoms with Crippen molar-refractivity contribution >= 4 is 0 Å². The van der Waals surface area contributed by atoms with Gasteiger partial charge in [-0.25, -0.2) is 0 Å². The highest BCUT2D eigenvalue weighted by Crippen LogP contribution is 2.30. The molecule has 1 aromatic carbocycles. The van der Waals surface area contributed by atoms with Gasteiger partial charge in [0, 0.05) is 39.3 Å². The number of piperazine rings is 1. The number of nitrogens with zero attached hydrogens (tertiary/aromatic N) is 3. The summed E-state index contributed by atoms with van der Waals surface area (Å²) in [6.45, 7) is 6.84. The van der Waals surface area contributed by atoms with Crippen molar-refractivity contribution in [1.82, 2.24) is 9.80 Å². The summed E-state index contributed by atoms with van der Waals surface area (Å²) in [5, 5.41) is 9.15. The number of rotatable bonds is 5. The zero-order valence-electron chi connectivity index (χ0n) is 12.7. The predicted octanol–water partition coefficient (Wildman–Crippen LogP) is 2.09. The molecule has 1 heterocycles. The largest absolute Gasteiger partial charge is 0.495 e. The minimum Gasteiger partial charge on any atom is -0.495 e. The van der Waals surface area contributed by atoms with Crippen LogP contribution in [-0.2, 0) is 6.54 Å². The second kappa shape index (κ2) is 6.46. The smallest absolute Gasteiger partial charge is 0.136 e. The molecule has 112 valence electrons. The lowest BCUT2D eigenvalue weighted by molar-refractivity contribution is 0.123. The fraction of sp³-hybridized carbons (Fsp3) is 0.588. The highest BCUT2D eigenvalue weighted by atomic mass is 16.5. The van der Waals surface area contributed by atoms with Crippen molar-refractivity contribution in [3.05, 3.63) is 29.3 Å². The van der Waals surface area contributed by atoms with Crippen LogP contribution in [0.25, 0.3) is 0 Å². The Labute approximate surface area is 126 Å². The lowest BCUT2D eigenvalue weighted by Gasteiger charge is -2.34. The third-order valence-corrected chi connectivity index (χ3v) is 4.47. The Morgan fingerprint density at radius 1 is 1.19 bits per heavy atom. The first kappa shape index (κ1) is 14.4. The van der Waals surface area contributed by atoms with Gasteiger partial charge in [-0.2, -0.15) is 5.26 Å². The van der Waals surface area contributed by atoms with Gasteiger partial charge in [0.2, 0.25) is 0 Å². The Bertz CT molecular complexity index is 525. The van der Waals surface area contributed by atoms with Gasteiger partial charge in [0.15, 0.2) is 0 Å². The van der Waals surface area contributed by atoms with Crippen molar-refractivity contribution < 1.29 is 4.74 Å². The summed E-state index contributed by atoms with van der Waals surface area (Å²) in [5.41, 5.74) is 1.82. The Hall–Kier alpha value is -1.57. The van der Waals surface area contributed by atoms with E-state index in [9.17, 15) is 0 Å². The summed E-state index contributed by atoms with van der Waals surface area (Å²) in [5.74, 6) is 1.65. The van der Waals surface area contributed by atoms with Crippen LogP contribution in [0.5, 0.6) is 5.75 Å². The molecule has 4 heteroatoms. The Balaban J connectivity index is 1.54. The van der Waals surface area contributed by atoms with Gasteiger partial charge in [-0.3, -0.25) is 4.90 Å². The molecule has 21 heavy (non-hydrogen) atoms. The number of ether oxygens (including phenoxy) is 1. The predicted molar refractivity (Wildman–Crippen MR) is 82.2 cm³/mol.